The van der Waals surface area contributed by atoms with Gasteiger partial charge in [-0.25, -0.2) is 4.39 Å². The Balaban J connectivity index is 2.14. The topological polar surface area (TPSA) is 61.4 Å². The van der Waals surface area contributed by atoms with E-state index in [0.29, 0.717) is 5.69 Å². The van der Waals surface area contributed by atoms with Crippen molar-refractivity contribution in [2.24, 2.45) is 5.41 Å². The molecule has 0 saturated heterocycles. The van der Waals surface area contributed by atoms with Crippen LogP contribution in [0.25, 0.3) is 0 Å². The van der Waals surface area contributed by atoms with Crippen LogP contribution in [0.1, 0.15) is 33.3 Å². The van der Waals surface area contributed by atoms with Gasteiger partial charge in [-0.1, -0.05) is 12.1 Å². The zero-order valence-electron chi connectivity index (χ0n) is 17.1. The Bertz CT molecular complexity index is 861. The van der Waals surface area contributed by atoms with E-state index in [9.17, 15) is 14.0 Å². The smallest absolute Gasteiger partial charge is 0.239 e. The summed E-state index contributed by atoms with van der Waals surface area (Å²) in [6.45, 7) is 10.9. The zero-order chi connectivity index (χ0) is 20.9. The summed E-state index contributed by atoms with van der Waals surface area (Å²) in [6.07, 6.45) is 0. The van der Waals surface area contributed by atoms with Crippen LogP contribution in [0.5, 0.6) is 0 Å². The molecule has 0 bridgehead atoms. The molecular formula is C22H28FN3O2. The van der Waals surface area contributed by atoms with Crippen LogP contribution in [0.2, 0.25) is 0 Å². The molecule has 2 aromatic rings. The average molecular weight is 385 g/mol. The van der Waals surface area contributed by atoms with Gasteiger partial charge in [0, 0.05) is 24.5 Å². The first-order chi connectivity index (χ1) is 13.2. The van der Waals surface area contributed by atoms with E-state index in [1.54, 1.807) is 6.07 Å². The number of benzene rings is 2. The van der Waals surface area contributed by atoms with Crippen LogP contribution in [-0.4, -0.2) is 24.9 Å². The van der Waals surface area contributed by atoms with Crippen molar-refractivity contribution in [2.75, 3.05) is 28.6 Å². The molecule has 0 atom stereocenters. The van der Waals surface area contributed by atoms with Gasteiger partial charge in [-0.3, -0.25) is 9.59 Å². The summed E-state index contributed by atoms with van der Waals surface area (Å²) in [5, 5.41) is 5.31. The van der Waals surface area contributed by atoms with Crippen molar-refractivity contribution in [2.45, 2.75) is 34.6 Å². The minimum absolute atomic E-state index is 0.0492. The van der Waals surface area contributed by atoms with Crippen LogP contribution in [-0.2, 0) is 9.59 Å². The van der Waals surface area contributed by atoms with E-state index in [1.165, 1.54) is 32.0 Å². The summed E-state index contributed by atoms with van der Waals surface area (Å²) in [5.74, 6) is -1.58. The lowest BCUT2D eigenvalue weighted by Gasteiger charge is -2.25. The third kappa shape index (κ3) is 4.68. The molecule has 0 aliphatic carbocycles. The molecule has 2 aromatic carbocycles. The predicted octanol–water partition coefficient (Wildman–Crippen LogP) is 4.58. The standard InChI is InChI=1S/C22H28FN3O2/c1-6-26(7-2)16-12-13-18(15(3)14-16)24-20(27)22(4,5)21(28)25-19-11-9-8-10-17(19)23/h8-14H,6-7H2,1-5H3,(H,24,27)(H,25,28). The number of amides is 2. The predicted molar refractivity (Wildman–Crippen MR) is 112 cm³/mol. The highest BCUT2D eigenvalue weighted by molar-refractivity contribution is 6.14. The van der Waals surface area contributed by atoms with Crippen LogP contribution in [0.15, 0.2) is 42.5 Å². The Kier molecular flexibility index (Phi) is 6.78. The first kappa shape index (κ1) is 21.4. The summed E-state index contributed by atoms with van der Waals surface area (Å²) in [7, 11) is 0. The van der Waals surface area contributed by atoms with Crippen molar-refractivity contribution in [1.29, 1.82) is 0 Å². The van der Waals surface area contributed by atoms with E-state index in [2.05, 4.69) is 29.4 Å². The van der Waals surface area contributed by atoms with E-state index >= 15 is 0 Å². The molecule has 0 aromatic heterocycles. The number of carbonyl (C=O) groups excluding carboxylic acids is 2. The van der Waals surface area contributed by atoms with Gasteiger partial charge in [0.15, 0.2) is 0 Å². The highest BCUT2D eigenvalue weighted by Crippen LogP contribution is 2.26. The fourth-order valence-electron chi connectivity index (χ4n) is 2.80. The maximum absolute atomic E-state index is 13.8. The molecule has 0 aliphatic rings. The SMILES string of the molecule is CCN(CC)c1ccc(NC(=O)C(C)(C)C(=O)Nc2ccccc2F)c(C)c1. The van der Waals surface area contributed by atoms with E-state index in [0.717, 1.165) is 24.3 Å². The molecule has 0 heterocycles. The lowest BCUT2D eigenvalue weighted by molar-refractivity contribution is -0.135. The van der Waals surface area contributed by atoms with Gasteiger partial charge >= 0.3 is 0 Å². The van der Waals surface area contributed by atoms with Gasteiger partial charge in [-0.2, -0.15) is 0 Å². The first-order valence-electron chi connectivity index (χ1n) is 9.43. The number of para-hydroxylation sites is 1. The van der Waals surface area contributed by atoms with Crippen molar-refractivity contribution < 1.29 is 14.0 Å². The fraction of sp³-hybridized carbons (Fsp3) is 0.364. The Labute approximate surface area is 165 Å². The van der Waals surface area contributed by atoms with Crippen molar-refractivity contribution in [3.63, 3.8) is 0 Å². The quantitative estimate of drug-likeness (QED) is 0.686. The molecule has 0 fully saturated rings. The van der Waals surface area contributed by atoms with Gasteiger partial charge in [-0.05, 0) is 70.5 Å². The molecular weight excluding hydrogens is 357 g/mol. The van der Waals surface area contributed by atoms with Crippen molar-refractivity contribution in [3.05, 3.63) is 53.8 Å². The summed E-state index contributed by atoms with van der Waals surface area (Å²) >= 11 is 0. The second kappa shape index (κ2) is 8.87. The summed E-state index contributed by atoms with van der Waals surface area (Å²) in [4.78, 5) is 27.5. The highest BCUT2D eigenvalue weighted by Gasteiger charge is 2.36. The van der Waals surface area contributed by atoms with Gasteiger partial charge < -0.3 is 15.5 Å². The monoisotopic (exact) mass is 385 g/mol. The fourth-order valence-corrected chi connectivity index (χ4v) is 2.80. The number of halogens is 1. The number of aryl methyl sites for hydroxylation is 1. The largest absolute Gasteiger partial charge is 0.372 e. The van der Waals surface area contributed by atoms with Gasteiger partial charge in [-0.15, -0.1) is 0 Å². The Morgan fingerprint density at radius 1 is 0.964 bits per heavy atom. The summed E-state index contributed by atoms with van der Waals surface area (Å²) in [5.41, 5.74) is 1.30. The maximum Gasteiger partial charge on any atom is 0.239 e. The maximum atomic E-state index is 13.8. The summed E-state index contributed by atoms with van der Waals surface area (Å²) < 4.78 is 13.8. The molecule has 2 amide bonds. The molecule has 5 nitrogen and oxygen atoms in total. The molecule has 0 aliphatic heterocycles. The van der Waals surface area contributed by atoms with Crippen molar-refractivity contribution in [1.82, 2.24) is 0 Å². The van der Waals surface area contributed by atoms with Crippen LogP contribution in [0.4, 0.5) is 21.5 Å². The molecule has 28 heavy (non-hydrogen) atoms. The van der Waals surface area contributed by atoms with E-state index in [-0.39, 0.29) is 5.69 Å². The van der Waals surface area contributed by atoms with Crippen LogP contribution in [0.3, 0.4) is 0 Å². The molecule has 150 valence electrons. The van der Waals surface area contributed by atoms with E-state index in [4.69, 9.17) is 0 Å². The van der Waals surface area contributed by atoms with E-state index < -0.39 is 23.0 Å². The second-order valence-electron chi connectivity index (χ2n) is 7.18. The number of hydrogen-bond acceptors (Lipinski definition) is 3. The van der Waals surface area contributed by atoms with Gasteiger partial charge in [0.25, 0.3) is 0 Å². The van der Waals surface area contributed by atoms with Gasteiger partial charge in [0.05, 0.1) is 5.69 Å². The van der Waals surface area contributed by atoms with Crippen molar-refractivity contribution in [3.8, 4) is 0 Å². The summed E-state index contributed by atoms with van der Waals surface area (Å²) in [6, 6.07) is 11.7. The molecule has 0 radical (unpaired) electrons. The number of hydrogen-bond donors (Lipinski definition) is 2. The van der Waals surface area contributed by atoms with Gasteiger partial charge in [0.2, 0.25) is 11.8 Å². The Morgan fingerprint density at radius 3 is 2.07 bits per heavy atom. The normalized spacial score (nSPS) is 11.1. The minimum atomic E-state index is -1.38. The molecule has 2 rings (SSSR count). The Morgan fingerprint density at radius 2 is 1.54 bits per heavy atom. The lowest BCUT2D eigenvalue weighted by Crippen LogP contribution is -2.41. The number of carbonyl (C=O) groups is 2. The number of nitrogens with zero attached hydrogens (tertiary/aromatic N) is 1. The van der Waals surface area contributed by atoms with Crippen LogP contribution < -0.4 is 15.5 Å². The second-order valence-corrected chi connectivity index (χ2v) is 7.18. The number of nitrogens with one attached hydrogen (secondary N) is 2. The molecule has 0 unspecified atom stereocenters. The first-order valence-corrected chi connectivity index (χ1v) is 9.43. The third-order valence-electron chi connectivity index (χ3n) is 4.84. The lowest BCUT2D eigenvalue weighted by atomic mass is 9.90. The molecule has 0 saturated carbocycles. The minimum Gasteiger partial charge on any atom is -0.372 e. The number of rotatable bonds is 7. The third-order valence-corrected chi connectivity index (χ3v) is 4.84. The molecule has 0 spiro atoms. The van der Waals surface area contributed by atoms with Crippen LogP contribution in [0, 0.1) is 18.2 Å². The van der Waals surface area contributed by atoms with E-state index in [1.807, 2.05) is 25.1 Å². The molecule has 6 heteroatoms. The van der Waals surface area contributed by atoms with Crippen molar-refractivity contribution >= 4 is 28.9 Å². The van der Waals surface area contributed by atoms with Crippen LogP contribution >= 0.6 is 0 Å². The molecule has 2 N–H and O–H groups in total. The Hall–Kier alpha value is -2.89. The zero-order valence-corrected chi connectivity index (χ0v) is 17.1. The highest BCUT2D eigenvalue weighted by atomic mass is 19.1. The average Bonchev–Trinajstić information content (AvgIpc) is 2.66. The number of anilines is 3. The van der Waals surface area contributed by atoms with Gasteiger partial charge in [0.1, 0.15) is 11.2 Å².